The molecule has 0 saturated heterocycles. The van der Waals surface area contributed by atoms with Crippen molar-refractivity contribution in [2.75, 3.05) is 6.54 Å². The van der Waals surface area contributed by atoms with Gasteiger partial charge in [-0.25, -0.2) is 4.98 Å². The monoisotopic (exact) mass is 193 g/mol. The summed E-state index contributed by atoms with van der Waals surface area (Å²) >= 11 is 0. The van der Waals surface area contributed by atoms with Crippen molar-refractivity contribution in [1.29, 1.82) is 0 Å². The van der Waals surface area contributed by atoms with Gasteiger partial charge in [0.05, 0.1) is 18.1 Å². The second-order valence-corrected chi connectivity index (χ2v) is 4.02. The van der Waals surface area contributed by atoms with Gasteiger partial charge >= 0.3 is 0 Å². The Morgan fingerprint density at radius 2 is 2.29 bits per heavy atom. The number of H-pyrrole nitrogens is 1. The van der Waals surface area contributed by atoms with Gasteiger partial charge in [-0.3, -0.25) is 0 Å². The summed E-state index contributed by atoms with van der Waals surface area (Å²) in [6.07, 6.45) is 5.36. The lowest BCUT2D eigenvalue weighted by Gasteiger charge is -2.29. The summed E-state index contributed by atoms with van der Waals surface area (Å²) in [5, 5.41) is 3.58. The zero-order valence-corrected chi connectivity index (χ0v) is 9.01. The smallest absolute Gasteiger partial charge is 0.0925 e. The summed E-state index contributed by atoms with van der Waals surface area (Å²) in [4.78, 5) is 7.68. The van der Waals surface area contributed by atoms with E-state index < -0.39 is 0 Å². The fourth-order valence-electron chi connectivity index (χ4n) is 2.40. The molecular formula is C11H19N3. The van der Waals surface area contributed by atoms with Gasteiger partial charge in [0.25, 0.3) is 0 Å². The van der Waals surface area contributed by atoms with Crippen LogP contribution in [0.15, 0.2) is 6.33 Å². The highest BCUT2D eigenvalue weighted by atomic mass is 15.0. The fourth-order valence-corrected chi connectivity index (χ4v) is 2.40. The Hall–Kier alpha value is -0.830. The normalized spacial score (nSPS) is 21.2. The van der Waals surface area contributed by atoms with Crippen molar-refractivity contribution in [2.45, 2.75) is 39.2 Å². The number of aromatic nitrogens is 2. The number of rotatable bonds is 3. The highest BCUT2D eigenvalue weighted by Gasteiger charge is 2.27. The Morgan fingerprint density at radius 3 is 3.00 bits per heavy atom. The number of imidazole rings is 1. The second-order valence-electron chi connectivity index (χ2n) is 4.02. The minimum absolute atomic E-state index is 0.472. The predicted molar refractivity (Wildman–Crippen MR) is 57.1 cm³/mol. The maximum absolute atomic E-state index is 4.44. The SMILES string of the molecule is CCC(CC)C1NCCc2[nH]cnc21. The molecule has 3 heteroatoms. The van der Waals surface area contributed by atoms with E-state index in [4.69, 9.17) is 0 Å². The third-order valence-electron chi connectivity index (χ3n) is 3.31. The van der Waals surface area contributed by atoms with Crippen LogP contribution in [-0.4, -0.2) is 16.5 Å². The van der Waals surface area contributed by atoms with Crippen molar-refractivity contribution >= 4 is 0 Å². The molecule has 0 saturated carbocycles. The van der Waals surface area contributed by atoms with E-state index >= 15 is 0 Å². The minimum atomic E-state index is 0.472. The molecular weight excluding hydrogens is 174 g/mol. The van der Waals surface area contributed by atoms with E-state index in [0.717, 1.165) is 18.9 Å². The Morgan fingerprint density at radius 1 is 1.50 bits per heavy atom. The van der Waals surface area contributed by atoms with Crippen molar-refractivity contribution in [3.63, 3.8) is 0 Å². The van der Waals surface area contributed by atoms with Gasteiger partial charge in [0.1, 0.15) is 0 Å². The van der Waals surface area contributed by atoms with E-state index in [1.54, 1.807) is 0 Å². The summed E-state index contributed by atoms with van der Waals surface area (Å²) in [6, 6.07) is 0.472. The van der Waals surface area contributed by atoms with E-state index in [1.165, 1.54) is 24.2 Å². The molecule has 1 aliphatic heterocycles. The highest BCUT2D eigenvalue weighted by molar-refractivity contribution is 5.19. The number of hydrogen-bond donors (Lipinski definition) is 2. The molecule has 0 spiro atoms. The summed E-state index contributed by atoms with van der Waals surface area (Å²) in [5.74, 6) is 0.720. The quantitative estimate of drug-likeness (QED) is 0.771. The molecule has 2 rings (SSSR count). The Bertz CT molecular complexity index is 288. The molecule has 0 bridgehead atoms. The molecule has 78 valence electrons. The predicted octanol–water partition coefficient (Wildman–Crippen LogP) is 2.03. The van der Waals surface area contributed by atoms with Gasteiger partial charge in [-0.05, 0) is 5.92 Å². The zero-order chi connectivity index (χ0) is 9.97. The maximum atomic E-state index is 4.44. The number of fused-ring (bicyclic) bond motifs is 1. The number of hydrogen-bond acceptors (Lipinski definition) is 2. The van der Waals surface area contributed by atoms with Gasteiger partial charge in [-0.15, -0.1) is 0 Å². The lowest BCUT2D eigenvalue weighted by atomic mass is 9.89. The summed E-state index contributed by atoms with van der Waals surface area (Å²) < 4.78 is 0. The van der Waals surface area contributed by atoms with E-state index in [9.17, 15) is 0 Å². The second kappa shape index (κ2) is 4.13. The molecule has 0 amide bonds. The molecule has 2 N–H and O–H groups in total. The van der Waals surface area contributed by atoms with Gasteiger partial charge in [0.2, 0.25) is 0 Å². The first-order chi connectivity index (χ1) is 6.86. The van der Waals surface area contributed by atoms with Gasteiger partial charge in [-0.1, -0.05) is 26.7 Å². The molecule has 0 fully saturated rings. The van der Waals surface area contributed by atoms with Crippen LogP contribution >= 0.6 is 0 Å². The summed E-state index contributed by atoms with van der Waals surface area (Å²) in [5.41, 5.74) is 2.59. The van der Waals surface area contributed by atoms with E-state index in [1.807, 2.05) is 6.33 Å². The van der Waals surface area contributed by atoms with Gasteiger partial charge in [0.15, 0.2) is 0 Å². The van der Waals surface area contributed by atoms with Gasteiger partial charge in [-0.2, -0.15) is 0 Å². The highest BCUT2D eigenvalue weighted by Crippen LogP contribution is 2.30. The Labute approximate surface area is 85.3 Å². The van der Waals surface area contributed by atoms with Crippen LogP contribution in [0.5, 0.6) is 0 Å². The topological polar surface area (TPSA) is 40.7 Å². The van der Waals surface area contributed by atoms with E-state index in [0.29, 0.717) is 6.04 Å². The van der Waals surface area contributed by atoms with E-state index in [2.05, 4.69) is 29.1 Å². The van der Waals surface area contributed by atoms with Crippen molar-refractivity contribution in [3.8, 4) is 0 Å². The fraction of sp³-hybridized carbons (Fsp3) is 0.727. The summed E-state index contributed by atoms with van der Waals surface area (Å²) in [6.45, 7) is 5.60. The molecule has 1 aromatic heterocycles. The molecule has 2 heterocycles. The molecule has 1 aliphatic rings. The molecule has 1 unspecified atom stereocenters. The van der Waals surface area contributed by atoms with E-state index in [-0.39, 0.29) is 0 Å². The lowest BCUT2D eigenvalue weighted by Crippen LogP contribution is -2.34. The summed E-state index contributed by atoms with van der Waals surface area (Å²) in [7, 11) is 0. The third kappa shape index (κ3) is 1.57. The first-order valence-electron chi connectivity index (χ1n) is 5.62. The third-order valence-corrected chi connectivity index (χ3v) is 3.31. The number of aromatic amines is 1. The molecule has 1 aromatic rings. The largest absolute Gasteiger partial charge is 0.348 e. The number of nitrogens with zero attached hydrogens (tertiary/aromatic N) is 1. The maximum Gasteiger partial charge on any atom is 0.0925 e. The molecule has 0 radical (unpaired) electrons. The average Bonchev–Trinajstić information content (AvgIpc) is 2.68. The van der Waals surface area contributed by atoms with Crippen molar-refractivity contribution in [2.24, 2.45) is 5.92 Å². The van der Waals surface area contributed by atoms with Crippen molar-refractivity contribution in [1.82, 2.24) is 15.3 Å². The molecule has 14 heavy (non-hydrogen) atoms. The van der Waals surface area contributed by atoms with Crippen LogP contribution in [0.25, 0.3) is 0 Å². The molecule has 0 aliphatic carbocycles. The van der Waals surface area contributed by atoms with Crippen molar-refractivity contribution in [3.05, 3.63) is 17.7 Å². The lowest BCUT2D eigenvalue weighted by molar-refractivity contribution is 0.323. The van der Waals surface area contributed by atoms with Crippen LogP contribution in [0, 0.1) is 5.92 Å². The Balaban J connectivity index is 2.22. The molecule has 3 nitrogen and oxygen atoms in total. The standard InChI is InChI=1S/C11H19N3/c1-3-8(4-2)10-11-9(5-6-12-10)13-7-14-11/h7-8,10,12H,3-6H2,1-2H3,(H,13,14). The minimum Gasteiger partial charge on any atom is -0.348 e. The van der Waals surface area contributed by atoms with Crippen molar-refractivity contribution < 1.29 is 0 Å². The van der Waals surface area contributed by atoms with Crippen LogP contribution in [0.2, 0.25) is 0 Å². The van der Waals surface area contributed by atoms with Gasteiger partial charge in [0, 0.05) is 18.7 Å². The zero-order valence-electron chi connectivity index (χ0n) is 9.01. The van der Waals surface area contributed by atoms with Crippen LogP contribution in [0.1, 0.15) is 44.1 Å². The number of nitrogens with one attached hydrogen (secondary N) is 2. The van der Waals surface area contributed by atoms with Crippen LogP contribution in [0.3, 0.4) is 0 Å². The Kier molecular flexibility index (Phi) is 2.87. The van der Waals surface area contributed by atoms with Crippen LogP contribution in [0.4, 0.5) is 0 Å². The first kappa shape index (κ1) is 9.71. The average molecular weight is 193 g/mol. The first-order valence-corrected chi connectivity index (χ1v) is 5.62. The molecule has 0 aromatic carbocycles. The van der Waals surface area contributed by atoms with Gasteiger partial charge < -0.3 is 10.3 Å². The molecule has 1 atom stereocenters. The van der Waals surface area contributed by atoms with Crippen LogP contribution < -0.4 is 5.32 Å². The van der Waals surface area contributed by atoms with Crippen LogP contribution in [-0.2, 0) is 6.42 Å².